The highest BCUT2D eigenvalue weighted by atomic mass is 32.2. The normalized spacial score (nSPS) is 11.5. The summed E-state index contributed by atoms with van der Waals surface area (Å²) in [6, 6.07) is 22.8. The fourth-order valence-corrected chi connectivity index (χ4v) is 4.86. The highest BCUT2D eigenvalue weighted by molar-refractivity contribution is 7.88. The number of benzene rings is 3. The van der Waals surface area contributed by atoms with Crippen molar-refractivity contribution in [1.82, 2.24) is 15.0 Å². The van der Waals surface area contributed by atoms with Gasteiger partial charge in [-0.15, -0.1) is 0 Å². The highest BCUT2D eigenvalue weighted by Gasteiger charge is 2.16. The van der Waals surface area contributed by atoms with E-state index in [0.717, 1.165) is 33.3 Å². The molecule has 0 aliphatic heterocycles. The molecule has 0 aliphatic carbocycles. The lowest BCUT2D eigenvalue weighted by molar-refractivity contribution is 0.0952. The molecule has 0 saturated heterocycles. The number of nitrogens with one attached hydrogen (secondary N) is 2. The summed E-state index contributed by atoms with van der Waals surface area (Å²) in [5.41, 5.74) is 6.64. The average Bonchev–Trinajstić information content (AvgIpc) is 2.82. The van der Waals surface area contributed by atoms with E-state index >= 15 is 0 Å². The smallest absolute Gasteiger partial charge is 0.252 e. The maximum absolute atomic E-state index is 13.3. The number of hydrogen-bond donors (Lipinski definition) is 2. The first-order valence-corrected chi connectivity index (χ1v) is 12.7. The van der Waals surface area contributed by atoms with Crippen molar-refractivity contribution in [2.45, 2.75) is 26.1 Å². The van der Waals surface area contributed by atoms with Crippen LogP contribution in [0.1, 0.15) is 32.6 Å². The number of carbonyl (C=O) groups is 1. The number of carbonyl (C=O) groups excluding carboxylic acids is 1. The first kappa shape index (κ1) is 23.6. The molecule has 3 aromatic carbocycles. The van der Waals surface area contributed by atoms with Crippen molar-refractivity contribution in [2.24, 2.45) is 0 Å². The number of pyridine rings is 1. The van der Waals surface area contributed by atoms with Gasteiger partial charge in [-0.05, 0) is 49.7 Å². The third-order valence-electron chi connectivity index (χ3n) is 5.83. The van der Waals surface area contributed by atoms with Crippen LogP contribution in [-0.2, 0) is 22.3 Å². The van der Waals surface area contributed by atoms with Gasteiger partial charge in [-0.3, -0.25) is 4.79 Å². The Hall–Kier alpha value is -3.55. The van der Waals surface area contributed by atoms with E-state index in [9.17, 15) is 13.2 Å². The SMILES string of the molecule is CNS(=O)(=O)Cc1ccccc1CNC(=O)c1cc(-c2ccc(C)cc2C)nc2ccccc12. The molecule has 0 saturated carbocycles. The van der Waals surface area contributed by atoms with Crippen molar-refractivity contribution < 1.29 is 13.2 Å². The Balaban J connectivity index is 1.67. The van der Waals surface area contributed by atoms with Crippen molar-refractivity contribution in [3.05, 3.63) is 101 Å². The molecule has 0 aliphatic rings. The molecule has 0 unspecified atom stereocenters. The Kier molecular flexibility index (Phi) is 6.77. The molecule has 4 aromatic rings. The van der Waals surface area contributed by atoms with Crippen molar-refractivity contribution >= 4 is 26.8 Å². The minimum absolute atomic E-state index is 0.148. The first-order chi connectivity index (χ1) is 16.3. The molecule has 174 valence electrons. The molecule has 0 spiro atoms. The van der Waals surface area contributed by atoms with Crippen molar-refractivity contribution in [3.8, 4) is 11.3 Å². The highest BCUT2D eigenvalue weighted by Crippen LogP contribution is 2.28. The molecule has 0 radical (unpaired) electrons. The van der Waals surface area contributed by atoms with Gasteiger partial charge in [-0.1, -0.05) is 66.2 Å². The summed E-state index contributed by atoms with van der Waals surface area (Å²) in [6.45, 7) is 4.29. The summed E-state index contributed by atoms with van der Waals surface area (Å²) in [5, 5.41) is 3.74. The standard InChI is InChI=1S/C27H27N3O3S/c1-18-12-13-22(19(2)14-18)26-15-24(23-10-6-7-11-25(23)30-26)27(31)29-16-20-8-4-5-9-21(20)17-34(32,33)28-3/h4-15,28H,16-17H2,1-3H3,(H,29,31). The molecule has 1 heterocycles. The van der Waals surface area contributed by atoms with E-state index in [1.807, 2.05) is 68.4 Å². The molecule has 6 nitrogen and oxygen atoms in total. The van der Waals surface area contributed by atoms with Crippen molar-refractivity contribution in [3.63, 3.8) is 0 Å². The minimum atomic E-state index is -3.43. The van der Waals surface area contributed by atoms with Crippen LogP contribution >= 0.6 is 0 Å². The molecule has 7 heteroatoms. The van der Waals surface area contributed by atoms with Crippen LogP contribution in [0.5, 0.6) is 0 Å². The Labute approximate surface area is 200 Å². The zero-order valence-electron chi connectivity index (χ0n) is 19.4. The molecule has 0 bridgehead atoms. The number of hydrogen-bond acceptors (Lipinski definition) is 4. The largest absolute Gasteiger partial charge is 0.348 e. The summed E-state index contributed by atoms with van der Waals surface area (Å²) < 4.78 is 26.4. The number of aromatic nitrogens is 1. The van der Waals surface area contributed by atoms with Gasteiger partial charge < -0.3 is 5.32 Å². The summed E-state index contributed by atoms with van der Waals surface area (Å²) in [7, 11) is -2.04. The fourth-order valence-electron chi connectivity index (χ4n) is 4.02. The third kappa shape index (κ3) is 5.16. The molecule has 4 rings (SSSR count). The van der Waals surface area contributed by atoms with E-state index in [1.165, 1.54) is 12.6 Å². The third-order valence-corrected chi connectivity index (χ3v) is 7.15. The number of aryl methyl sites for hydroxylation is 2. The second kappa shape index (κ2) is 9.75. The van der Waals surface area contributed by atoms with E-state index in [0.29, 0.717) is 11.1 Å². The Morgan fingerprint density at radius 1 is 0.912 bits per heavy atom. The van der Waals surface area contributed by atoms with E-state index in [4.69, 9.17) is 4.98 Å². The van der Waals surface area contributed by atoms with Gasteiger partial charge in [-0.2, -0.15) is 0 Å². The summed E-state index contributed by atoms with van der Waals surface area (Å²) >= 11 is 0. The van der Waals surface area contributed by atoms with Crippen LogP contribution in [0.4, 0.5) is 0 Å². The topological polar surface area (TPSA) is 88.2 Å². The quantitative estimate of drug-likeness (QED) is 0.414. The van der Waals surface area contributed by atoms with Gasteiger partial charge in [0.1, 0.15) is 0 Å². The summed E-state index contributed by atoms with van der Waals surface area (Å²) in [6.07, 6.45) is 0. The first-order valence-electron chi connectivity index (χ1n) is 11.0. The van der Waals surface area contributed by atoms with Gasteiger partial charge in [0, 0.05) is 17.5 Å². The molecular weight excluding hydrogens is 446 g/mol. The predicted molar refractivity (Wildman–Crippen MR) is 136 cm³/mol. The molecule has 2 N–H and O–H groups in total. The van der Waals surface area contributed by atoms with Crippen LogP contribution in [0.2, 0.25) is 0 Å². The molecule has 0 fully saturated rings. The average molecular weight is 474 g/mol. The minimum Gasteiger partial charge on any atom is -0.348 e. The summed E-state index contributed by atoms with van der Waals surface area (Å²) in [4.78, 5) is 18.1. The molecule has 0 atom stereocenters. The number of nitrogens with zero attached hydrogens (tertiary/aromatic N) is 1. The van der Waals surface area contributed by atoms with Crippen LogP contribution in [0.15, 0.2) is 72.8 Å². The van der Waals surface area contributed by atoms with E-state index in [1.54, 1.807) is 12.1 Å². The van der Waals surface area contributed by atoms with Gasteiger partial charge in [0.25, 0.3) is 5.91 Å². The van der Waals surface area contributed by atoms with Crippen LogP contribution < -0.4 is 10.0 Å². The van der Waals surface area contributed by atoms with Crippen LogP contribution in [0.3, 0.4) is 0 Å². The van der Waals surface area contributed by atoms with Gasteiger partial charge >= 0.3 is 0 Å². The summed E-state index contributed by atoms with van der Waals surface area (Å²) in [5.74, 6) is -0.388. The van der Waals surface area contributed by atoms with Crippen molar-refractivity contribution in [2.75, 3.05) is 7.05 Å². The number of amides is 1. The Morgan fingerprint density at radius 2 is 1.62 bits per heavy atom. The molecule has 1 aromatic heterocycles. The van der Waals surface area contributed by atoms with E-state index in [-0.39, 0.29) is 18.2 Å². The van der Waals surface area contributed by atoms with Gasteiger partial charge in [0.15, 0.2) is 0 Å². The van der Waals surface area contributed by atoms with E-state index in [2.05, 4.69) is 16.1 Å². The maximum Gasteiger partial charge on any atom is 0.252 e. The Bertz CT molecular complexity index is 1480. The number of para-hydroxylation sites is 1. The monoisotopic (exact) mass is 473 g/mol. The molecule has 1 amide bonds. The Morgan fingerprint density at radius 3 is 2.35 bits per heavy atom. The fraction of sp³-hybridized carbons (Fsp3) is 0.185. The lowest BCUT2D eigenvalue weighted by Crippen LogP contribution is -2.25. The van der Waals surface area contributed by atoms with Gasteiger partial charge in [0.05, 0.1) is 22.5 Å². The number of fused-ring (bicyclic) bond motifs is 1. The zero-order chi connectivity index (χ0) is 24.3. The maximum atomic E-state index is 13.3. The second-order valence-electron chi connectivity index (χ2n) is 8.31. The van der Waals surface area contributed by atoms with Gasteiger partial charge in [-0.25, -0.2) is 18.1 Å². The van der Waals surface area contributed by atoms with Crippen LogP contribution in [0.25, 0.3) is 22.2 Å². The van der Waals surface area contributed by atoms with Crippen LogP contribution in [0, 0.1) is 13.8 Å². The molecular formula is C27H27N3O3S. The second-order valence-corrected chi connectivity index (χ2v) is 10.2. The number of rotatable bonds is 7. The van der Waals surface area contributed by atoms with Gasteiger partial charge in [0.2, 0.25) is 10.0 Å². The van der Waals surface area contributed by atoms with Crippen LogP contribution in [-0.4, -0.2) is 26.4 Å². The number of sulfonamides is 1. The predicted octanol–water partition coefficient (Wildman–Crippen LogP) is 4.50. The lowest BCUT2D eigenvalue weighted by atomic mass is 9.99. The van der Waals surface area contributed by atoms with Crippen molar-refractivity contribution in [1.29, 1.82) is 0 Å². The molecule has 34 heavy (non-hydrogen) atoms. The van der Waals surface area contributed by atoms with E-state index < -0.39 is 10.0 Å². The lowest BCUT2D eigenvalue weighted by Gasteiger charge is -2.14. The zero-order valence-corrected chi connectivity index (χ0v) is 20.2.